The smallest absolute Gasteiger partial charge is 0.0810 e. The van der Waals surface area contributed by atoms with E-state index in [4.69, 9.17) is 0 Å². The van der Waals surface area contributed by atoms with E-state index >= 15 is 0 Å². The lowest BCUT2D eigenvalue weighted by molar-refractivity contribution is 0.0839. The summed E-state index contributed by atoms with van der Waals surface area (Å²) >= 11 is 0. The van der Waals surface area contributed by atoms with Crippen molar-refractivity contribution in [3.05, 3.63) is 29.3 Å². The summed E-state index contributed by atoms with van der Waals surface area (Å²) in [7, 11) is 0. The number of hydrogen-bond donors (Lipinski definition) is 2. The van der Waals surface area contributed by atoms with E-state index in [1.54, 1.807) is 0 Å². The Bertz CT molecular complexity index is 474. The lowest BCUT2D eigenvalue weighted by atomic mass is 10.0. The molecule has 1 aliphatic rings. The summed E-state index contributed by atoms with van der Waals surface area (Å²) in [5.41, 5.74) is 3.47. The maximum atomic E-state index is 10.1. The molecule has 1 aliphatic heterocycles. The van der Waals surface area contributed by atoms with E-state index in [1.807, 2.05) is 6.92 Å². The molecule has 1 atom stereocenters. The third-order valence-corrected chi connectivity index (χ3v) is 3.95. The molecule has 1 fully saturated rings. The number of rotatable bonds is 3. The fraction of sp³-hybridized carbons (Fsp3) is 0.647. The summed E-state index contributed by atoms with van der Waals surface area (Å²) in [5.74, 6) is 0. The first-order valence-corrected chi connectivity index (χ1v) is 7.48. The van der Waals surface area contributed by atoms with Crippen molar-refractivity contribution in [1.29, 1.82) is 0 Å². The molecule has 1 saturated heterocycles. The maximum absolute atomic E-state index is 10.1. The zero-order valence-corrected chi connectivity index (χ0v) is 13.5. The van der Waals surface area contributed by atoms with Crippen molar-refractivity contribution in [2.75, 3.05) is 18.0 Å². The highest BCUT2D eigenvalue weighted by atomic mass is 16.3. The van der Waals surface area contributed by atoms with Crippen LogP contribution in [0.5, 0.6) is 0 Å². The van der Waals surface area contributed by atoms with Crippen LogP contribution in [0.4, 0.5) is 5.69 Å². The van der Waals surface area contributed by atoms with E-state index in [9.17, 15) is 5.11 Å². The molecule has 3 heteroatoms. The second-order valence-corrected chi connectivity index (χ2v) is 7.38. The largest absolute Gasteiger partial charge is 0.388 e. The quantitative estimate of drug-likeness (QED) is 0.891. The van der Waals surface area contributed by atoms with Crippen molar-refractivity contribution >= 4 is 5.69 Å². The number of β-amino-alcohol motifs (C(OH)–C–C–N with tert-alkyl or cyclic N) is 1. The zero-order chi connectivity index (χ0) is 15.0. The van der Waals surface area contributed by atoms with Gasteiger partial charge in [-0.3, -0.25) is 0 Å². The third-order valence-electron chi connectivity index (χ3n) is 3.95. The molecule has 0 bridgehead atoms. The van der Waals surface area contributed by atoms with E-state index in [-0.39, 0.29) is 5.54 Å². The number of nitrogens with one attached hydrogen (secondary N) is 1. The molecule has 20 heavy (non-hydrogen) atoms. The highest BCUT2D eigenvalue weighted by Gasteiger charge is 2.31. The fourth-order valence-electron chi connectivity index (χ4n) is 2.60. The van der Waals surface area contributed by atoms with Crippen LogP contribution in [0.25, 0.3) is 0 Å². The summed E-state index contributed by atoms with van der Waals surface area (Å²) in [6.07, 6.45) is 0.847. The molecule has 0 saturated carbocycles. The van der Waals surface area contributed by atoms with Gasteiger partial charge in [0, 0.05) is 30.9 Å². The van der Waals surface area contributed by atoms with E-state index in [2.05, 4.69) is 56.1 Å². The summed E-state index contributed by atoms with van der Waals surface area (Å²) in [5, 5.41) is 13.6. The molecule has 2 N–H and O–H groups in total. The number of anilines is 1. The second kappa shape index (κ2) is 5.38. The monoisotopic (exact) mass is 276 g/mol. The Morgan fingerprint density at radius 3 is 2.55 bits per heavy atom. The Morgan fingerprint density at radius 2 is 2.05 bits per heavy atom. The van der Waals surface area contributed by atoms with Gasteiger partial charge in [-0.25, -0.2) is 0 Å². The fourth-order valence-corrected chi connectivity index (χ4v) is 2.60. The molecule has 3 nitrogen and oxygen atoms in total. The normalized spacial score (nSPS) is 23.4. The maximum Gasteiger partial charge on any atom is 0.0810 e. The van der Waals surface area contributed by atoms with Crippen molar-refractivity contribution in [2.24, 2.45) is 0 Å². The van der Waals surface area contributed by atoms with Crippen LogP contribution in [0.3, 0.4) is 0 Å². The first-order chi connectivity index (χ1) is 9.16. The highest BCUT2D eigenvalue weighted by Crippen LogP contribution is 2.27. The minimum absolute atomic E-state index is 0.138. The Balaban J connectivity index is 2.06. The van der Waals surface area contributed by atoms with Crippen molar-refractivity contribution in [3.63, 3.8) is 0 Å². The summed E-state index contributed by atoms with van der Waals surface area (Å²) < 4.78 is 0. The van der Waals surface area contributed by atoms with Gasteiger partial charge in [0.25, 0.3) is 0 Å². The SMILES string of the molecule is Cc1cc(N2CCC(C)(O)C2)ccc1CNC(C)(C)C. The standard InChI is InChI=1S/C17H28N2O/c1-13-10-15(19-9-8-17(5,20)12-19)7-6-14(13)11-18-16(2,3)4/h6-7,10,18,20H,8-9,11-12H2,1-5H3. The molecule has 2 rings (SSSR count). The van der Waals surface area contributed by atoms with Crippen LogP contribution in [0.2, 0.25) is 0 Å². The minimum Gasteiger partial charge on any atom is -0.388 e. The molecule has 0 aromatic heterocycles. The molecule has 112 valence electrons. The number of benzene rings is 1. The van der Waals surface area contributed by atoms with Gasteiger partial charge >= 0.3 is 0 Å². The molecule has 1 unspecified atom stereocenters. The number of hydrogen-bond acceptors (Lipinski definition) is 3. The number of nitrogens with zero attached hydrogens (tertiary/aromatic N) is 1. The lowest BCUT2D eigenvalue weighted by Crippen LogP contribution is -2.35. The van der Waals surface area contributed by atoms with Crippen LogP contribution in [0.1, 0.15) is 45.2 Å². The van der Waals surface area contributed by atoms with E-state index in [0.717, 1.165) is 26.1 Å². The van der Waals surface area contributed by atoms with E-state index in [0.29, 0.717) is 0 Å². The second-order valence-electron chi connectivity index (χ2n) is 7.38. The minimum atomic E-state index is -0.541. The van der Waals surface area contributed by atoms with Crippen LogP contribution in [-0.2, 0) is 6.54 Å². The lowest BCUT2D eigenvalue weighted by Gasteiger charge is -2.24. The average Bonchev–Trinajstić information content (AvgIpc) is 2.67. The van der Waals surface area contributed by atoms with Crippen molar-refractivity contribution in [1.82, 2.24) is 5.32 Å². The molecule has 1 heterocycles. The van der Waals surface area contributed by atoms with Gasteiger partial charge < -0.3 is 15.3 Å². The van der Waals surface area contributed by atoms with Gasteiger partial charge in [-0.2, -0.15) is 0 Å². The predicted molar refractivity (Wildman–Crippen MR) is 85.2 cm³/mol. The summed E-state index contributed by atoms with van der Waals surface area (Å²) in [6, 6.07) is 6.62. The summed E-state index contributed by atoms with van der Waals surface area (Å²) in [6.45, 7) is 13.2. The molecule has 1 aromatic carbocycles. The van der Waals surface area contributed by atoms with Gasteiger partial charge in [0.1, 0.15) is 0 Å². The van der Waals surface area contributed by atoms with Crippen LogP contribution < -0.4 is 10.2 Å². The van der Waals surface area contributed by atoms with Crippen LogP contribution in [-0.4, -0.2) is 29.3 Å². The number of aliphatic hydroxyl groups is 1. The average molecular weight is 276 g/mol. The molecular weight excluding hydrogens is 248 g/mol. The first-order valence-electron chi connectivity index (χ1n) is 7.48. The van der Waals surface area contributed by atoms with Gasteiger partial charge in [0.2, 0.25) is 0 Å². The van der Waals surface area contributed by atoms with Crippen molar-refractivity contribution in [3.8, 4) is 0 Å². The Labute approximate surface area is 123 Å². The van der Waals surface area contributed by atoms with E-state index in [1.165, 1.54) is 16.8 Å². The highest BCUT2D eigenvalue weighted by molar-refractivity contribution is 5.52. The topological polar surface area (TPSA) is 35.5 Å². The Hall–Kier alpha value is -1.06. The zero-order valence-electron chi connectivity index (χ0n) is 13.5. The summed E-state index contributed by atoms with van der Waals surface area (Å²) in [4.78, 5) is 2.27. The predicted octanol–water partition coefficient (Wildman–Crippen LogP) is 2.84. The van der Waals surface area contributed by atoms with Crippen LogP contribution >= 0.6 is 0 Å². The third kappa shape index (κ3) is 3.97. The van der Waals surface area contributed by atoms with Gasteiger partial charge in [0.05, 0.1) is 5.60 Å². The molecule has 0 amide bonds. The van der Waals surface area contributed by atoms with Crippen LogP contribution in [0.15, 0.2) is 18.2 Å². The Kier molecular flexibility index (Phi) is 4.12. The van der Waals surface area contributed by atoms with Gasteiger partial charge in [-0.15, -0.1) is 0 Å². The Morgan fingerprint density at radius 1 is 1.35 bits per heavy atom. The molecule has 1 aromatic rings. The number of aryl methyl sites for hydroxylation is 1. The first kappa shape index (κ1) is 15.3. The molecule has 0 spiro atoms. The molecule has 0 aliphatic carbocycles. The van der Waals surface area contributed by atoms with Gasteiger partial charge in [0.15, 0.2) is 0 Å². The van der Waals surface area contributed by atoms with Crippen LogP contribution in [0, 0.1) is 6.92 Å². The van der Waals surface area contributed by atoms with Crippen molar-refractivity contribution < 1.29 is 5.11 Å². The van der Waals surface area contributed by atoms with Crippen molar-refractivity contribution in [2.45, 2.75) is 58.7 Å². The van der Waals surface area contributed by atoms with E-state index < -0.39 is 5.60 Å². The van der Waals surface area contributed by atoms with Gasteiger partial charge in [-0.1, -0.05) is 6.07 Å². The molecule has 0 radical (unpaired) electrons. The van der Waals surface area contributed by atoms with Gasteiger partial charge in [-0.05, 0) is 64.3 Å². The molecular formula is C17H28N2O.